The van der Waals surface area contributed by atoms with Crippen LogP contribution < -0.4 is 11.1 Å². The Kier molecular flexibility index (Phi) is 4.65. The molecule has 0 unspecified atom stereocenters. The van der Waals surface area contributed by atoms with Gasteiger partial charge in [-0.15, -0.1) is 0 Å². The number of amides is 1. The lowest BCUT2D eigenvalue weighted by Crippen LogP contribution is -2.32. The van der Waals surface area contributed by atoms with E-state index in [4.69, 9.17) is 5.73 Å². The predicted molar refractivity (Wildman–Crippen MR) is 83.0 cm³/mol. The van der Waals surface area contributed by atoms with E-state index in [-0.39, 0.29) is 18.6 Å². The highest BCUT2D eigenvalue weighted by molar-refractivity contribution is 5.94. The van der Waals surface area contributed by atoms with Crippen LogP contribution in [0.3, 0.4) is 0 Å². The van der Waals surface area contributed by atoms with E-state index in [1.165, 1.54) is 0 Å². The van der Waals surface area contributed by atoms with Crippen LogP contribution in [-0.2, 0) is 0 Å². The zero-order valence-corrected chi connectivity index (χ0v) is 12.3. The number of aliphatic hydroxyl groups is 1. The van der Waals surface area contributed by atoms with E-state index in [9.17, 15) is 9.90 Å². The smallest absolute Gasteiger partial charge is 0.268 e. The van der Waals surface area contributed by atoms with Gasteiger partial charge in [-0.2, -0.15) is 0 Å². The van der Waals surface area contributed by atoms with Gasteiger partial charge in [0, 0.05) is 12.2 Å². The number of hydrogen-bond donors (Lipinski definition) is 3. The van der Waals surface area contributed by atoms with Gasteiger partial charge < -0.3 is 20.7 Å². The first-order valence-electron chi connectivity index (χ1n) is 6.97. The monoisotopic (exact) mass is 287 g/mol. The van der Waals surface area contributed by atoms with E-state index >= 15 is 0 Å². The molecule has 1 aromatic heterocycles. The van der Waals surface area contributed by atoms with Gasteiger partial charge in [0.1, 0.15) is 5.69 Å². The standard InChI is InChI=1S/C16H21N3O2/c1-11(2)19-9-13(17)8-15(19)16(21)18-14(10-20)12-6-4-3-5-7-12/h3-9,11,14,20H,10,17H2,1-2H3,(H,18,21)/t14-/m1/s1. The third-order valence-electron chi connectivity index (χ3n) is 3.35. The number of anilines is 1. The molecule has 1 amide bonds. The van der Waals surface area contributed by atoms with Crippen LogP contribution in [0.2, 0.25) is 0 Å². The van der Waals surface area contributed by atoms with Gasteiger partial charge in [0.2, 0.25) is 0 Å². The predicted octanol–water partition coefficient (Wildman–Crippen LogP) is 2.11. The number of nitrogens with zero attached hydrogens (tertiary/aromatic N) is 1. The van der Waals surface area contributed by atoms with Crippen LogP contribution in [-0.4, -0.2) is 22.2 Å². The van der Waals surface area contributed by atoms with Crippen LogP contribution in [0.15, 0.2) is 42.6 Å². The Bertz CT molecular complexity index is 605. The largest absolute Gasteiger partial charge is 0.397 e. The van der Waals surface area contributed by atoms with Crippen molar-refractivity contribution < 1.29 is 9.90 Å². The molecule has 2 aromatic rings. The number of carbonyl (C=O) groups is 1. The Morgan fingerprint density at radius 2 is 2.00 bits per heavy atom. The van der Waals surface area contributed by atoms with Crippen molar-refractivity contribution >= 4 is 11.6 Å². The number of nitrogens with one attached hydrogen (secondary N) is 1. The van der Waals surface area contributed by atoms with E-state index in [0.717, 1.165) is 5.56 Å². The molecule has 0 bridgehead atoms. The third kappa shape index (κ3) is 3.44. The Labute approximate surface area is 124 Å². The SMILES string of the molecule is CC(C)n1cc(N)cc1C(=O)N[C@H](CO)c1ccccc1. The maximum absolute atomic E-state index is 12.4. The van der Waals surface area contributed by atoms with Gasteiger partial charge >= 0.3 is 0 Å². The van der Waals surface area contributed by atoms with E-state index in [0.29, 0.717) is 11.4 Å². The van der Waals surface area contributed by atoms with Gasteiger partial charge in [-0.3, -0.25) is 4.79 Å². The molecule has 0 saturated carbocycles. The Balaban J connectivity index is 2.21. The van der Waals surface area contributed by atoms with Crippen molar-refractivity contribution in [1.29, 1.82) is 0 Å². The molecule has 0 aliphatic rings. The average molecular weight is 287 g/mol. The molecule has 0 saturated heterocycles. The number of hydrogen-bond acceptors (Lipinski definition) is 3. The van der Waals surface area contributed by atoms with Crippen LogP contribution in [0.5, 0.6) is 0 Å². The molecule has 112 valence electrons. The molecular formula is C16H21N3O2. The summed E-state index contributed by atoms with van der Waals surface area (Å²) in [5.41, 5.74) is 7.69. The molecule has 1 aromatic carbocycles. The van der Waals surface area contributed by atoms with Crippen LogP contribution in [0.4, 0.5) is 5.69 Å². The lowest BCUT2D eigenvalue weighted by atomic mass is 10.1. The number of aliphatic hydroxyl groups excluding tert-OH is 1. The number of nitrogens with two attached hydrogens (primary N) is 1. The molecule has 5 heteroatoms. The van der Waals surface area contributed by atoms with Crippen LogP contribution in [0.25, 0.3) is 0 Å². The molecule has 1 heterocycles. The van der Waals surface area contributed by atoms with E-state index < -0.39 is 6.04 Å². The zero-order chi connectivity index (χ0) is 15.4. The number of nitrogen functional groups attached to an aromatic ring is 1. The summed E-state index contributed by atoms with van der Waals surface area (Å²) < 4.78 is 1.82. The maximum Gasteiger partial charge on any atom is 0.268 e. The molecule has 21 heavy (non-hydrogen) atoms. The van der Waals surface area contributed by atoms with Crippen molar-refractivity contribution in [2.75, 3.05) is 12.3 Å². The molecule has 0 spiro atoms. The lowest BCUT2D eigenvalue weighted by molar-refractivity contribution is 0.0905. The van der Waals surface area contributed by atoms with Gasteiger partial charge in [0.25, 0.3) is 5.91 Å². The summed E-state index contributed by atoms with van der Waals surface area (Å²) in [4.78, 5) is 12.4. The van der Waals surface area contributed by atoms with Crippen molar-refractivity contribution in [3.63, 3.8) is 0 Å². The zero-order valence-electron chi connectivity index (χ0n) is 12.3. The molecule has 0 aliphatic carbocycles. The van der Waals surface area contributed by atoms with Crippen molar-refractivity contribution in [2.45, 2.75) is 25.9 Å². The highest BCUT2D eigenvalue weighted by atomic mass is 16.3. The number of benzene rings is 1. The second kappa shape index (κ2) is 6.45. The topological polar surface area (TPSA) is 80.3 Å². The normalized spacial score (nSPS) is 12.4. The Morgan fingerprint density at radius 3 is 2.57 bits per heavy atom. The summed E-state index contributed by atoms with van der Waals surface area (Å²) >= 11 is 0. The van der Waals surface area contributed by atoms with Gasteiger partial charge in [0.15, 0.2) is 0 Å². The van der Waals surface area contributed by atoms with Gasteiger partial charge in [-0.05, 0) is 25.5 Å². The van der Waals surface area contributed by atoms with Crippen molar-refractivity contribution in [2.24, 2.45) is 0 Å². The highest BCUT2D eigenvalue weighted by Crippen LogP contribution is 2.18. The molecule has 2 rings (SSSR count). The summed E-state index contributed by atoms with van der Waals surface area (Å²) in [7, 11) is 0. The Morgan fingerprint density at radius 1 is 1.33 bits per heavy atom. The second-order valence-corrected chi connectivity index (χ2v) is 5.28. The fourth-order valence-electron chi connectivity index (χ4n) is 2.26. The third-order valence-corrected chi connectivity index (χ3v) is 3.35. The van der Waals surface area contributed by atoms with E-state index in [1.54, 1.807) is 12.3 Å². The second-order valence-electron chi connectivity index (χ2n) is 5.28. The van der Waals surface area contributed by atoms with Crippen molar-refractivity contribution in [1.82, 2.24) is 9.88 Å². The quantitative estimate of drug-likeness (QED) is 0.788. The summed E-state index contributed by atoms with van der Waals surface area (Å²) in [6, 6.07) is 10.7. The molecule has 1 atom stereocenters. The van der Waals surface area contributed by atoms with Crippen molar-refractivity contribution in [3.8, 4) is 0 Å². The number of rotatable bonds is 5. The summed E-state index contributed by atoms with van der Waals surface area (Å²) in [5, 5.41) is 12.4. The fourth-order valence-corrected chi connectivity index (χ4v) is 2.26. The van der Waals surface area contributed by atoms with Crippen LogP contribution in [0.1, 0.15) is 42.0 Å². The highest BCUT2D eigenvalue weighted by Gasteiger charge is 2.19. The van der Waals surface area contributed by atoms with Gasteiger partial charge in [-0.25, -0.2) is 0 Å². The summed E-state index contributed by atoms with van der Waals surface area (Å²) in [5.74, 6) is -0.247. The van der Waals surface area contributed by atoms with Crippen molar-refractivity contribution in [3.05, 3.63) is 53.9 Å². The summed E-state index contributed by atoms with van der Waals surface area (Å²) in [6.45, 7) is 3.81. The first-order chi connectivity index (χ1) is 10.0. The maximum atomic E-state index is 12.4. The van der Waals surface area contributed by atoms with Crippen LogP contribution in [0, 0.1) is 0 Å². The minimum Gasteiger partial charge on any atom is -0.397 e. The first kappa shape index (κ1) is 15.1. The van der Waals surface area contributed by atoms with Gasteiger partial charge in [-0.1, -0.05) is 30.3 Å². The molecule has 0 radical (unpaired) electrons. The molecule has 0 aliphatic heterocycles. The van der Waals surface area contributed by atoms with Gasteiger partial charge in [0.05, 0.1) is 18.3 Å². The first-order valence-corrected chi connectivity index (χ1v) is 6.97. The van der Waals surface area contributed by atoms with E-state index in [2.05, 4.69) is 5.32 Å². The van der Waals surface area contributed by atoms with Crippen LogP contribution >= 0.6 is 0 Å². The molecule has 5 nitrogen and oxygen atoms in total. The lowest BCUT2D eigenvalue weighted by Gasteiger charge is -2.18. The summed E-state index contributed by atoms with van der Waals surface area (Å²) in [6.07, 6.45) is 1.75. The molecular weight excluding hydrogens is 266 g/mol. The number of carbonyl (C=O) groups excluding carboxylic acids is 1. The minimum absolute atomic E-state index is 0.132. The Hall–Kier alpha value is -2.27. The average Bonchev–Trinajstić information content (AvgIpc) is 2.88. The molecule has 0 fully saturated rings. The molecule has 4 N–H and O–H groups in total. The number of aromatic nitrogens is 1. The minimum atomic E-state index is -0.435. The van der Waals surface area contributed by atoms with E-state index in [1.807, 2.05) is 48.7 Å². The fraction of sp³-hybridized carbons (Fsp3) is 0.312.